The molecule has 7 nitrogen and oxygen atoms in total. The first-order chi connectivity index (χ1) is 14.3. The number of rotatable bonds is 5. The van der Waals surface area contributed by atoms with Crippen molar-refractivity contribution in [1.29, 1.82) is 0 Å². The van der Waals surface area contributed by atoms with Gasteiger partial charge in [-0.05, 0) is 43.2 Å². The van der Waals surface area contributed by atoms with Gasteiger partial charge in [-0.15, -0.1) is 0 Å². The van der Waals surface area contributed by atoms with Gasteiger partial charge < -0.3 is 10.1 Å². The summed E-state index contributed by atoms with van der Waals surface area (Å²) < 4.78 is 32.4. The Morgan fingerprint density at radius 3 is 2.37 bits per heavy atom. The zero-order valence-corrected chi connectivity index (χ0v) is 18.1. The fourth-order valence-corrected chi connectivity index (χ4v) is 5.36. The van der Waals surface area contributed by atoms with E-state index in [1.165, 1.54) is 35.7 Å². The summed E-state index contributed by atoms with van der Waals surface area (Å²) in [6.45, 7) is 0.864. The van der Waals surface area contributed by atoms with Gasteiger partial charge in [0.2, 0.25) is 10.0 Å². The van der Waals surface area contributed by atoms with Crippen molar-refractivity contribution in [3.05, 3.63) is 58.6 Å². The molecule has 1 N–H and O–H groups in total. The molecule has 0 aliphatic carbocycles. The van der Waals surface area contributed by atoms with Crippen molar-refractivity contribution in [3.8, 4) is 0 Å². The highest BCUT2D eigenvalue weighted by Crippen LogP contribution is 2.28. The van der Waals surface area contributed by atoms with Gasteiger partial charge in [0.15, 0.2) is 0 Å². The number of ether oxygens (including phenoxy) is 1. The molecule has 0 spiro atoms. The van der Waals surface area contributed by atoms with E-state index in [4.69, 9.17) is 16.3 Å². The van der Waals surface area contributed by atoms with Gasteiger partial charge in [0.1, 0.15) is 4.90 Å². The lowest BCUT2D eigenvalue weighted by Crippen LogP contribution is -2.32. The number of hydrogen-bond acceptors (Lipinski definition) is 5. The van der Waals surface area contributed by atoms with E-state index in [0.29, 0.717) is 13.1 Å². The summed E-state index contributed by atoms with van der Waals surface area (Å²) in [5, 5.41) is 2.70. The van der Waals surface area contributed by atoms with Crippen LogP contribution in [0.4, 0.5) is 5.69 Å². The van der Waals surface area contributed by atoms with Gasteiger partial charge in [-0.1, -0.05) is 36.6 Å². The normalized spacial score (nSPS) is 15.3. The van der Waals surface area contributed by atoms with Crippen molar-refractivity contribution in [3.63, 3.8) is 0 Å². The van der Waals surface area contributed by atoms with E-state index in [1.54, 1.807) is 18.2 Å². The highest BCUT2D eigenvalue weighted by Gasteiger charge is 2.28. The molecule has 1 heterocycles. The molecule has 160 valence electrons. The molecule has 1 fully saturated rings. The van der Waals surface area contributed by atoms with Gasteiger partial charge in [0, 0.05) is 18.7 Å². The van der Waals surface area contributed by atoms with E-state index < -0.39 is 21.9 Å². The minimum Gasteiger partial charge on any atom is -0.465 e. The Bertz CT molecular complexity index is 1050. The van der Waals surface area contributed by atoms with Crippen LogP contribution in [0.3, 0.4) is 0 Å². The fraction of sp³-hybridized carbons (Fsp3) is 0.333. The number of para-hydroxylation sites is 1. The maximum Gasteiger partial charge on any atom is 0.339 e. The molecular formula is C21H23ClN2O5S. The number of carbonyl (C=O) groups excluding carboxylic acids is 2. The Morgan fingerprint density at radius 2 is 1.70 bits per heavy atom. The molecule has 1 amide bonds. The molecule has 30 heavy (non-hydrogen) atoms. The number of halogens is 1. The Labute approximate surface area is 181 Å². The van der Waals surface area contributed by atoms with E-state index in [1.807, 2.05) is 0 Å². The smallest absolute Gasteiger partial charge is 0.339 e. The van der Waals surface area contributed by atoms with Crippen LogP contribution in [0.2, 0.25) is 5.02 Å². The van der Waals surface area contributed by atoms with Crippen LogP contribution < -0.4 is 5.32 Å². The number of methoxy groups -OCH3 is 1. The van der Waals surface area contributed by atoms with Crippen LogP contribution >= 0.6 is 11.6 Å². The minimum absolute atomic E-state index is 0.0609. The highest BCUT2D eigenvalue weighted by atomic mass is 35.5. The average molecular weight is 451 g/mol. The lowest BCUT2D eigenvalue weighted by molar-refractivity contribution is 0.0602. The van der Waals surface area contributed by atoms with E-state index in [2.05, 4.69) is 5.32 Å². The number of nitrogens with one attached hydrogen (secondary N) is 1. The first-order valence-corrected chi connectivity index (χ1v) is 11.4. The van der Waals surface area contributed by atoms with Crippen LogP contribution in [0.1, 0.15) is 46.4 Å². The molecule has 1 aliphatic heterocycles. The molecule has 1 saturated heterocycles. The first kappa shape index (κ1) is 22.3. The van der Waals surface area contributed by atoms with Crippen LogP contribution in [0.5, 0.6) is 0 Å². The van der Waals surface area contributed by atoms with Gasteiger partial charge in [0.05, 0.1) is 23.4 Å². The average Bonchev–Trinajstić information content (AvgIpc) is 3.04. The molecule has 3 rings (SSSR count). The predicted octanol–water partition coefficient (Wildman–Crippen LogP) is 3.94. The van der Waals surface area contributed by atoms with E-state index in [0.717, 1.165) is 25.7 Å². The van der Waals surface area contributed by atoms with Crippen molar-refractivity contribution in [2.45, 2.75) is 30.6 Å². The van der Waals surface area contributed by atoms with Gasteiger partial charge in [-0.2, -0.15) is 4.31 Å². The molecule has 9 heteroatoms. The van der Waals surface area contributed by atoms with Gasteiger partial charge in [-0.25, -0.2) is 13.2 Å². The van der Waals surface area contributed by atoms with Crippen LogP contribution in [0.15, 0.2) is 47.4 Å². The number of carbonyl (C=O) groups is 2. The number of amides is 1. The minimum atomic E-state index is -3.82. The van der Waals surface area contributed by atoms with Crippen molar-refractivity contribution in [2.24, 2.45) is 0 Å². The van der Waals surface area contributed by atoms with Crippen molar-refractivity contribution >= 4 is 39.2 Å². The number of nitrogens with zero attached hydrogens (tertiary/aromatic N) is 1. The second kappa shape index (κ2) is 9.59. The summed E-state index contributed by atoms with van der Waals surface area (Å²) in [5.74, 6) is -1.15. The monoisotopic (exact) mass is 450 g/mol. The number of hydrogen-bond donors (Lipinski definition) is 1. The molecule has 0 radical (unpaired) electrons. The zero-order chi connectivity index (χ0) is 21.7. The SMILES string of the molecule is COC(=O)c1ccccc1NC(=O)c1ccc(Cl)c(S(=O)(=O)N2CCCCCC2)c1. The molecule has 0 saturated carbocycles. The molecule has 0 unspecified atom stereocenters. The Hall–Kier alpha value is -2.42. The molecule has 1 aliphatic rings. The Kier molecular flexibility index (Phi) is 7.12. The summed E-state index contributed by atoms with van der Waals surface area (Å²) in [6, 6.07) is 10.5. The maximum atomic E-state index is 13.1. The first-order valence-electron chi connectivity index (χ1n) is 9.63. The van der Waals surface area contributed by atoms with Crippen LogP contribution in [-0.4, -0.2) is 44.8 Å². The number of sulfonamides is 1. The van der Waals surface area contributed by atoms with E-state index in [9.17, 15) is 18.0 Å². The summed E-state index contributed by atoms with van der Waals surface area (Å²) in [4.78, 5) is 24.6. The third-order valence-corrected chi connectivity index (χ3v) is 7.34. The number of esters is 1. The van der Waals surface area contributed by atoms with Crippen molar-refractivity contribution < 1.29 is 22.7 Å². The predicted molar refractivity (Wildman–Crippen MR) is 114 cm³/mol. The quantitative estimate of drug-likeness (QED) is 0.696. The Balaban J connectivity index is 1.90. The second-order valence-electron chi connectivity index (χ2n) is 6.95. The zero-order valence-electron chi connectivity index (χ0n) is 16.6. The standard InChI is InChI=1S/C21H23ClN2O5S/c1-29-21(26)16-8-4-5-9-18(16)23-20(25)15-10-11-17(22)19(14-15)30(27,28)24-12-6-2-3-7-13-24/h4-5,8-11,14H,2-3,6-7,12-13H2,1H3,(H,23,25). The highest BCUT2D eigenvalue weighted by molar-refractivity contribution is 7.89. The molecule has 0 atom stereocenters. The number of benzene rings is 2. The van der Waals surface area contributed by atoms with Crippen LogP contribution in [0.25, 0.3) is 0 Å². The summed E-state index contributed by atoms with van der Waals surface area (Å²) in [6.07, 6.45) is 3.56. The third-order valence-electron chi connectivity index (χ3n) is 4.96. The maximum absolute atomic E-state index is 13.1. The van der Waals surface area contributed by atoms with Crippen molar-refractivity contribution in [2.75, 3.05) is 25.5 Å². The largest absolute Gasteiger partial charge is 0.465 e. The molecule has 0 bridgehead atoms. The van der Waals surface area contributed by atoms with Crippen LogP contribution in [0, 0.1) is 0 Å². The third kappa shape index (κ3) is 4.83. The summed E-state index contributed by atoms with van der Waals surface area (Å²) in [7, 11) is -2.57. The molecule has 2 aromatic carbocycles. The molecule has 2 aromatic rings. The van der Waals surface area contributed by atoms with Gasteiger partial charge in [-0.3, -0.25) is 4.79 Å². The van der Waals surface area contributed by atoms with Gasteiger partial charge in [0.25, 0.3) is 5.91 Å². The summed E-state index contributed by atoms with van der Waals surface area (Å²) >= 11 is 6.19. The fourth-order valence-electron chi connectivity index (χ4n) is 3.34. The lowest BCUT2D eigenvalue weighted by atomic mass is 10.1. The molecule has 0 aromatic heterocycles. The van der Waals surface area contributed by atoms with E-state index >= 15 is 0 Å². The van der Waals surface area contributed by atoms with Crippen LogP contribution in [-0.2, 0) is 14.8 Å². The molecular weight excluding hydrogens is 428 g/mol. The second-order valence-corrected chi connectivity index (χ2v) is 9.27. The van der Waals surface area contributed by atoms with Gasteiger partial charge >= 0.3 is 5.97 Å². The number of anilines is 1. The summed E-state index contributed by atoms with van der Waals surface area (Å²) in [5.41, 5.74) is 0.577. The van der Waals surface area contributed by atoms with E-state index in [-0.39, 0.29) is 26.7 Å². The van der Waals surface area contributed by atoms with Crippen molar-refractivity contribution in [1.82, 2.24) is 4.31 Å². The lowest BCUT2D eigenvalue weighted by Gasteiger charge is -2.21. The Morgan fingerprint density at radius 1 is 1.03 bits per heavy atom. The topological polar surface area (TPSA) is 92.8 Å².